The lowest BCUT2D eigenvalue weighted by molar-refractivity contribution is 0.297. The van der Waals surface area contributed by atoms with Crippen LogP contribution in [0.1, 0.15) is 6.92 Å². The molecule has 0 aliphatic heterocycles. The molecule has 4 heteroatoms. The summed E-state index contributed by atoms with van der Waals surface area (Å²) in [4.78, 5) is 0. The van der Waals surface area contributed by atoms with E-state index >= 15 is 0 Å². The van der Waals surface area contributed by atoms with Gasteiger partial charge in [-0.15, -0.1) is 9.24 Å². The minimum absolute atomic E-state index is 0.0634. The first-order valence-electron chi connectivity index (χ1n) is 6.16. The molecule has 2 aromatic rings. The molecule has 19 heavy (non-hydrogen) atoms. The van der Waals surface area contributed by atoms with Gasteiger partial charge in [0.1, 0.15) is 0 Å². The number of benzene rings is 2. The maximum Gasteiger partial charge on any atom is 0.382 e. The zero-order valence-electron chi connectivity index (χ0n) is 10.8. The van der Waals surface area contributed by atoms with Crippen LogP contribution in [0.2, 0.25) is 0 Å². The van der Waals surface area contributed by atoms with Gasteiger partial charge in [-0.25, -0.2) is 0 Å². The third kappa shape index (κ3) is 3.09. The van der Waals surface area contributed by atoms with Crippen LogP contribution in [0.4, 0.5) is 0 Å². The highest BCUT2D eigenvalue weighted by Crippen LogP contribution is 2.32. The first-order valence-corrected chi connectivity index (χ1v) is 8.07. The van der Waals surface area contributed by atoms with Crippen LogP contribution in [0.15, 0.2) is 48.5 Å². The number of hydrogen-bond donors (Lipinski definition) is 1. The van der Waals surface area contributed by atoms with E-state index < -0.39 is 7.80 Å². The monoisotopic (exact) mass is 291 g/mol. The van der Waals surface area contributed by atoms with E-state index in [1.54, 1.807) is 0 Å². The second-order valence-electron chi connectivity index (χ2n) is 4.46. The van der Waals surface area contributed by atoms with Crippen LogP contribution in [0.5, 0.6) is 0 Å². The highest BCUT2D eigenvalue weighted by molar-refractivity contribution is 7.54. The van der Waals surface area contributed by atoms with E-state index in [1.807, 2.05) is 55.5 Å². The number of aliphatic hydroxyl groups excluding tert-OH is 1. The lowest BCUT2D eigenvalue weighted by atomic mass is 10.1. The molecule has 98 valence electrons. The quantitative estimate of drug-likeness (QED) is 0.879. The Hall–Kier alpha value is -1.07. The Bertz CT molecular complexity index is 596. The van der Waals surface area contributed by atoms with E-state index in [9.17, 15) is 9.67 Å². The van der Waals surface area contributed by atoms with Crippen molar-refractivity contribution in [2.75, 3.05) is 6.61 Å². The van der Waals surface area contributed by atoms with Gasteiger partial charge in [-0.3, -0.25) is 0 Å². The number of rotatable bonds is 4. The Balaban J connectivity index is 2.54. The minimum Gasteiger partial charge on any atom is -0.392 e. The molecule has 3 unspecified atom stereocenters. The summed E-state index contributed by atoms with van der Waals surface area (Å²) in [6.45, 7) is 1.74. The third-order valence-electron chi connectivity index (χ3n) is 3.06. The molecule has 1 N–H and O–H groups in total. The highest BCUT2D eigenvalue weighted by atomic mass is 31.1. The Morgan fingerprint density at radius 2 is 1.68 bits per heavy atom. The predicted octanol–water partition coefficient (Wildman–Crippen LogP) is 2.69. The second kappa shape index (κ2) is 6.39. The molecule has 2 rings (SSSR count). The maximum absolute atomic E-state index is 12.5. The standard InChI is InChI=1S/C15H17O2P2/c1-11(10-16)19(17)15-9-5-3-7-13(15)12-6-2-4-8-14(12)18/h2-9,11,16H,10,18H2,1H3/q+1. The van der Waals surface area contributed by atoms with Gasteiger partial charge in [0.25, 0.3) is 0 Å². The van der Waals surface area contributed by atoms with Crippen molar-refractivity contribution >= 4 is 27.6 Å². The topological polar surface area (TPSA) is 37.3 Å². The van der Waals surface area contributed by atoms with Crippen molar-refractivity contribution in [3.63, 3.8) is 0 Å². The van der Waals surface area contributed by atoms with E-state index in [-0.39, 0.29) is 12.3 Å². The molecule has 0 aliphatic rings. The molecule has 0 amide bonds. The molecular formula is C15H17O2P2+. The molecule has 2 nitrogen and oxygen atoms in total. The summed E-state index contributed by atoms with van der Waals surface area (Å²) < 4.78 is 12.5. The van der Waals surface area contributed by atoms with Crippen LogP contribution >= 0.6 is 17.0 Å². The normalized spacial score (nSPS) is 13.1. The van der Waals surface area contributed by atoms with Gasteiger partial charge in [0.05, 0.1) is 6.61 Å². The maximum atomic E-state index is 12.5. The second-order valence-corrected chi connectivity index (χ2v) is 7.10. The summed E-state index contributed by atoms with van der Waals surface area (Å²) in [6, 6.07) is 15.7. The fourth-order valence-electron chi connectivity index (χ4n) is 1.95. The highest BCUT2D eigenvalue weighted by Gasteiger charge is 2.30. The van der Waals surface area contributed by atoms with E-state index in [2.05, 4.69) is 9.24 Å². The summed E-state index contributed by atoms with van der Waals surface area (Å²) in [5.41, 5.74) is 1.82. The van der Waals surface area contributed by atoms with Crippen LogP contribution in [-0.2, 0) is 4.57 Å². The molecule has 0 heterocycles. The van der Waals surface area contributed by atoms with Gasteiger partial charge >= 0.3 is 7.80 Å². The average molecular weight is 291 g/mol. The van der Waals surface area contributed by atoms with Crippen molar-refractivity contribution in [1.29, 1.82) is 0 Å². The summed E-state index contributed by atoms with van der Waals surface area (Å²) >= 11 is 0. The van der Waals surface area contributed by atoms with Crippen LogP contribution in [0.25, 0.3) is 11.1 Å². The Morgan fingerprint density at radius 3 is 2.32 bits per heavy atom. The van der Waals surface area contributed by atoms with Crippen molar-refractivity contribution < 1.29 is 9.67 Å². The van der Waals surface area contributed by atoms with Crippen molar-refractivity contribution in [2.24, 2.45) is 0 Å². The molecule has 0 fully saturated rings. The third-order valence-corrected chi connectivity index (χ3v) is 5.39. The van der Waals surface area contributed by atoms with Gasteiger partial charge in [0, 0.05) is 5.56 Å². The lowest BCUT2D eigenvalue weighted by Crippen LogP contribution is -2.13. The van der Waals surface area contributed by atoms with Gasteiger partial charge in [0.2, 0.25) is 0 Å². The van der Waals surface area contributed by atoms with Gasteiger partial charge in [-0.05, 0) is 29.9 Å². The first-order chi connectivity index (χ1) is 9.15. The zero-order valence-corrected chi connectivity index (χ0v) is 12.8. The molecule has 0 bridgehead atoms. The Labute approximate surface area is 116 Å². The lowest BCUT2D eigenvalue weighted by Gasteiger charge is -2.07. The van der Waals surface area contributed by atoms with Crippen molar-refractivity contribution in [2.45, 2.75) is 12.6 Å². The van der Waals surface area contributed by atoms with Crippen LogP contribution in [0.3, 0.4) is 0 Å². The fraction of sp³-hybridized carbons (Fsp3) is 0.200. The molecule has 0 saturated carbocycles. The van der Waals surface area contributed by atoms with Crippen molar-refractivity contribution in [3.05, 3.63) is 48.5 Å². The van der Waals surface area contributed by atoms with Crippen LogP contribution in [0, 0.1) is 0 Å². The molecular weight excluding hydrogens is 274 g/mol. The molecule has 0 aliphatic carbocycles. The van der Waals surface area contributed by atoms with Crippen LogP contribution in [-0.4, -0.2) is 17.4 Å². The Kier molecular flexibility index (Phi) is 4.82. The van der Waals surface area contributed by atoms with E-state index in [0.29, 0.717) is 0 Å². The van der Waals surface area contributed by atoms with E-state index in [0.717, 1.165) is 21.7 Å². The number of aliphatic hydroxyl groups is 1. The van der Waals surface area contributed by atoms with Gasteiger partial charge in [-0.2, -0.15) is 0 Å². The smallest absolute Gasteiger partial charge is 0.382 e. The molecule has 2 aromatic carbocycles. The number of hydrogen-bond acceptors (Lipinski definition) is 2. The molecule has 0 aromatic heterocycles. The van der Waals surface area contributed by atoms with Gasteiger partial charge in [-0.1, -0.05) is 41.0 Å². The summed E-state index contributed by atoms with van der Waals surface area (Å²) in [6.07, 6.45) is 0. The largest absolute Gasteiger partial charge is 0.392 e. The molecule has 0 saturated heterocycles. The fourth-order valence-corrected chi connectivity index (χ4v) is 3.60. The summed E-state index contributed by atoms with van der Waals surface area (Å²) in [5, 5.41) is 11.1. The van der Waals surface area contributed by atoms with Crippen LogP contribution < -0.4 is 10.6 Å². The van der Waals surface area contributed by atoms with Crippen molar-refractivity contribution in [1.82, 2.24) is 0 Å². The summed E-state index contributed by atoms with van der Waals surface area (Å²) in [7, 11) is 1.10. The Morgan fingerprint density at radius 1 is 1.11 bits per heavy atom. The van der Waals surface area contributed by atoms with E-state index in [1.165, 1.54) is 0 Å². The molecule has 0 radical (unpaired) electrons. The molecule has 0 spiro atoms. The van der Waals surface area contributed by atoms with Gasteiger partial charge in [0.15, 0.2) is 11.0 Å². The average Bonchev–Trinajstić information content (AvgIpc) is 2.46. The van der Waals surface area contributed by atoms with Crippen molar-refractivity contribution in [3.8, 4) is 11.1 Å². The first kappa shape index (κ1) is 14.3. The minimum atomic E-state index is -1.60. The predicted molar refractivity (Wildman–Crippen MR) is 85.0 cm³/mol. The SMILES string of the molecule is CC(CO)[P+](=O)c1ccccc1-c1ccccc1P. The molecule has 3 atom stereocenters. The van der Waals surface area contributed by atoms with Gasteiger partial charge < -0.3 is 5.11 Å². The van der Waals surface area contributed by atoms with E-state index in [4.69, 9.17) is 0 Å². The summed E-state index contributed by atoms with van der Waals surface area (Å²) in [5.74, 6) is 0. The zero-order chi connectivity index (χ0) is 13.8.